The first-order valence-electron chi connectivity index (χ1n) is 10.1. The van der Waals surface area contributed by atoms with Crippen LogP contribution in [0.15, 0.2) is 0 Å². The highest BCUT2D eigenvalue weighted by Gasteiger charge is 2.63. The Bertz CT molecular complexity index is 558. The molecule has 136 valence electrons. The number of rotatable bonds is 0. The Morgan fingerprint density at radius 1 is 1.17 bits per heavy atom. The molecule has 3 nitrogen and oxygen atoms in total. The zero-order valence-corrected chi connectivity index (χ0v) is 16.1. The summed E-state index contributed by atoms with van der Waals surface area (Å²) in [5, 5.41) is 10.8. The number of piperidine rings is 1. The van der Waals surface area contributed by atoms with Crippen LogP contribution in [-0.4, -0.2) is 34.6 Å². The van der Waals surface area contributed by atoms with E-state index in [4.69, 9.17) is 0 Å². The third kappa shape index (κ3) is 2.15. The maximum Gasteiger partial charge on any atom is 0.222 e. The van der Waals surface area contributed by atoms with E-state index in [0.717, 1.165) is 38.0 Å². The minimum Gasteiger partial charge on any atom is -0.390 e. The lowest BCUT2D eigenvalue weighted by Gasteiger charge is -2.63. The van der Waals surface area contributed by atoms with Crippen LogP contribution in [0, 0.1) is 34.5 Å². The van der Waals surface area contributed by atoms with Gasteiger partial charge >= 0.3 is 0 Å². The van der Waals surface area contributed by atoms with Gasteiger partial charge in [-0.2, -0.15) is 0 Å². The molecule has 1 aliphatic heterocycles. The summed E-state index contributed by atoms with van der Waals surface area (Å²) in [4.78, 5) is 14.3. The van der Waals surface area contributed by atoms with E-state index in [1.807, 2.05) is 7.05 Å². The molecule has 1 saturated heterocycles. The van der Waals surface area contributed by atoms with E-state index in [1.54, 1.807) is 0 Å². The van der Waals surface area contributed by atoms with Crippen LogP contribution < -0.4 is 0 Å². The smallest absolute Gasteiger partial charge is 0.222 e. The Morgan fingerprint density at radius 2 is 1.88 bits per heavy atom. The molecule has 0 aromatic carbocycles. The third-order valence-electron chi connectivity index (χ3n) is 8.89. The lowest BCUT2D eigenvalue weighted by molar-refractivity contribution is -0.164. The molecule has 4 rings (SSSR count). The number of fused-ring (bicyclic) bond motifs is 5. The van der Waals surface area contributed by atoms with Gasteiger partial charge in [-0.3, -0.25) is 4.79 Å². The van der Waals surface area contributed by atoms with Crippen molar-refractivity contribution in [1.29, 1.82) is 0 Å². The third-order valence-corrected chi connectivity index (χ3v) is 8.89. The van der Waals surface area contributed by atoms with Crippen LogP contribution >= 0.6 is 0 Å². The molecule has 0 aromatic rings. The molecule has 8 atom stereocenters. The molecule has 0 aromatic heterocycles. The zero-order chi connectivity index (χ0) is 17.5. The van der Waals surface area contributed by atoms with Gasteiger partial charge in [0, 0.05) is 19.5 Å². The number of hydrogen-bond acceptors (Lipinski definition) is 2. The molecule has 1 N–H and O–H groups in total. The Balaban J connectivity index is 1.70. The Hall–Kier alpha value is -0.570. The summed E-state index contributed by atoms with van der Waals surface area (Å²) in [5.41, 5.74) is 0.110. The molecule has 0 bridgehead atoms. The summed E-state index contributed by atoms with van der Waals surface area (Å²) in [6.07, 6.45) is 7.42. The van der Waals surface area contributed by atoms with Gasteiger partial charge < -0.3 is 10.0 Å². The van der Waals surface area contributed by atoms with Crippen molar-refractivity contribution >= 4 is 5.91 Å². The molecule has 24 heavy (non-hydrogen) atoms. The van der Waals surface area contributed by atoms with Gasteiger partial charge in [0.05, 0.1) is 5.60 Å². The number of likely N-dealkylation sites (tertiary alicyclic amines) is 1. The van der Waals surface area contributed by atoms with E-state index in [2.05, 4.69) is 32.6 Å². The maximum absolute atomic E-state index is 12.3. The first-order chi connectivity index (χ1) is 11.1. The summed E-state index contributed by atoms with van der Waals surface area (Å²) >= 11 is 0. The van der Waals surface area contributed by atoms with Gasteiger partial charge in [0.1, 0.15) is 0 Å². The minimum absolute atomic E-state index is 0.273. The Kier molecular flexibility index (Phi) is 3.51. The van der Waals surface area contributed by atoms with Crippen molar-refractivity contribution in [2.75, 3.05) is 7.05 Å². The fraction of sp³-hybridized carbons (Fsp3) is 0.952. The highest BCUT2D eigenvalue weighted by atomic mass is 16.3. The summed E-state index contributed by atoms with van der Waals surface area (Å²) in [6, 6.07) is 0.418. The average Bonchev–Trinajstić information content (AvgIpc) is 2.74. The lowest BCUT2D eigenvalue weighted by Crippen LogP contribution is -2.62. The second-order valence-corrected chi connectivity index (χ2v) is 10.6. The van der Waals surface area contributed by atoms with Crippen LogP contribution in [0.4, 0.5) is 0 Å². The van der Waals surface area contributed by atoms with E-state index < -0.39 is 5.60 Å². The van der Waals surface area contributed by atoms with Crippen LogP contribution in [-0.2, 0) is 4.79 Å². The molecule has 1 amide bonds. The second kappa shape index (κ2) is 4.99. The number of hydrogen-bond donors (Lipinski definition) is 1. The molecule has 4 fully saturated rings. The average molecular weight is 334 g/mol. The van der Waals surface area contributed by atoms with E-state index in [-0.39, 0.29) is 5.41 Å². The molecule has 3 saturated carbocycles. The summed E-state index contributed by atoms with van der Waals surface area (Å²) in [6.45, 7) is 9.38. The van der Waals surface area contributed by atoms with Crippen molar-refractivity contribution in [3.05, 3.63) is 0 Å². The molecule has 4 aliphatic rings. The zero-order valence-electron chi connectivity index (χ0n) is 16.1. The van der Waals surface area contributed by atoms with Crippen LogP contribution in [0.2, 0.25) is 0 Å². The molecule has 2 unspecified atom stereocenters. The van der Waals surface area contributed by atoms with Crippen molar-refractivity contribution in [3.8, 4) is 0 Å². The molecule has 0 radical (unpaired) electrons. The maximum atomic E-state index is 12.3. The van der Waals surface area contributed by atoms with E-state index >= 15 is 0 Å². The SMILES string of the molecule is CC1C[C@H]2N(C)C(=O)CC[C@]2(C)[C@H]2CC[C@]3(C)C[C@@](C)(O)C[C@H]3C12. The number of carbonyl (C=O) groups excluding carboxylic acids is 1. The second-order valence-electron chi connectivity index (χ2n) is 10.6. The first-order valence-corrected chi connectivity index (χ1v) is 10.1. The van der Waals surface area contributed by atoms with E-state index in [0.29, 0.717) is 35.1 Å². The van der Waals surface area contributed by atoms with Gasteiger partial charge in [-0.05, 0) is 80.0 Å². The summed E-state index contributed by atoms with van der Waals surface area (Å²) in [7, 11) is 2.03. The number of aliphatic hydroxyl groups is 1. The summed E-state index contributed by atoms with van der Waals surface area (Å²) < 4.78 is 0. The Morgan fingerprint density at radius 3 is 2.58 bits per heavy atom. The highest BCUT2D eigenvalue weighted by Crippen LogP contribution is 2.67. The van der Waals surface area contributed by atoms with Crippen molar-refractivity contribution in [1.82, 2.24) is 4.90 Å². The van der Waals surface area contributed by atoms with Crippen molar-refractivity contribution < 1.29 is 9.90 Å². The van der Waals surface area contributed by atoms with E-state index in [1.165, 1.54) is 12.8 Å². The standard InChI is InChI=1S/C21H35NO2/c1-13-10-16-21(4,9-7-17(23)22(16)5)14-6-8-19(2)12-20(3,24)11-15(19)18(13)14/h13-16,18,24H,6-12H2,1-5H3/t13?,14-,15-,16+,18?,19+,20-,21+/m0/s1. The molecular weight excluding hydrogens is 298 g/mol. The predicted molar refractivity (Wildman–Crippen MR) is 95.3 cm³/mol. The van der Waals surface area contributed by atoms with Crippen molar-refractivity contribution in [3.63, 3.8) is 0 Å². The normalized spacial score (nSPS) is 57.3. The van der Waals surface area contributed by atoms with Crippen LogP contribution in [0.25, 0.3) is 0 Å². The fourth-order valence-corrected chi connectivity index (χ4v) is 7.89. The highest BCUT2D eigenvalue weighted by molar-refractivity contribution is 5.77. The van der Waals surface area contributed by atoms with Crippen molar-refractivity contribution in [2.45, 2.75) is 84.3 Å². The minimum atomic E-state index is -0.481. The molecule has 3 aliphatic carbocycles. The summed E-state index contributed by atoms with van der Waals surface area (Å²) in [5.74, 6) is 3.09. The van der Waals surface area contributed by atoms with Crippen molar-refractivity contribution in [2.24, 2.45) is 34.5 Å². The van der Waals surface area contributed by atoms with Gasteiger partial charge in [0.15, 0.2) is 0 Å². The Labute approximate surface area is 147 Å². The van der Waals surface area contributed by atoms with Crippen LogP contribution in [0.1, 0.15) is 72.6 Å². The largest absolute Gasteiger partial charge is 0.390 e. The molecule has 0 spiro atoms. The molecule has 3 heteroatoms. The monoisotopic (exact) mass is 333 g/mol. The van der Waals surface area contributed by atoms with Crippen LogP contribution in [0.3, 0.4) is 0 Å². The lowest BCUT2D eigenvalue weighted by atomic mass is 9.45. The van der Waals surface area contributed by atoms with Gasteiger partial charge in [0.2, 0.25) is 5.91 Å². The predicted octanol–water partition coefficient (Wildman–Crippen LogP) is 3.85. The topological polar surface area (TPSA) is 40.5 Å². The number of amides is 1. The van der Waals surface area contributed by atoms with Gasteiger partial charge in [-0.1, -0.05) is 20.8 Å². The van der Waals surface area contributed by atoms with Crippen LogP contribution in [0.5, 0.6) is 0 Å². The first kappa shape index (κ1) is 16.9. The fourth-order valence-electron chi connectivity index (χ4n) is 7.89. The van der Waals surface area contributed by atoms with Gasteiger partial charge in [-0.15, -0.1) is 0 Å². The van der Waals surface area contributed by atoms with Gasteiger partial charge in [0.25, 0.3) is 0 Å². The quantitative estimate of drug-likeness (QED) is 0.731. The molecule has 1 heterocycles. The van der Waals surface area contributed by atoms with E-state index in [9.17, 15) is 9.90 Å². The number of carbonyl (C=O) groups is 1. The number of nitrogens with zero attached hydrogens (tertiary/aromatic N) is 1. The van der Waals surface area contributed by atoms with Gasteiger partial charge in [-0.25, -0.2) is 0 Å². The molecular formula is C21H35NO2.